The summed E-state index contributed by atoms with van der Waals surface area (Å²) in [6.07, 6.45) is 13.5. The average molecular weight is 626 g/mol. The van der Waals surface area contributed by atoms with Gasteiger partial charge in [-0.1, -0.05) is 46.0 Å². The molecule has 13 nitrogen and oxygen atoms in total. The van der Waals surface area contributed by atoms with Gasteiger partial charge in [0.15, 0.2) is 0 Å². The quantitative estimate of drug-likeness (QED) is 0.181. The van der Waals surface area contributed by atoms with Gasteiger partial charge in [0.25, 0.3) is 11.8 Å². The summed E-state index contributed by atoms with van der Waals surface area (Å²) < 4.78 is 0. The van der Waals surface area contributed by atoms with E-state index in [1.54, 1.807) is 6.92 Å². The van der Waals surface area contributed by atoms with E-state index >= 15 is 0 Å². The predicted octanol–water partition coefficient (Wildman–Crippen LogP) is 1.47. The molecule has 3 saturated carbocycles. The van der Waals surface area contributed by atoms with Gasteiger partial charge < -0.3 is 26.6 Å². The van der Waals surface area contributed by atoms with Crippen molar-refractivity contribution >= 4 is 35.3 Å². The van der Waals surface area contributed by atoms with Crippen molar-refractivity contribution < 1.29 is 28.8 Å². The molecule has 0 spiro atoms. The number of carbonyl (C=O) groups excluding carboxylic acids is 6. The molecule has 0 radical (unpaired) electrons. The highest BCUT2D eigenvalue weighted by atomic mass is 16.2. The van der Waals surface area contributed by atoms with Gasteiger partial charge in [-0.05, 0) is 57.3 Å². The zero-order valence-electron chi connectivity index (χ0n) is 26.3. The Bertz CT molecular complexity index is 1220. The van der Waals surface area contributed by atoms with E-state index in [0.29, 0.717) is 38.5 Å². The minimum Gasteiger partial charge on any atom is -0.351 e. The lowest BCUT2D eigenvalue weighted by molar-refractivity contribution is -0.140. The number of ketones is 1. The van der Waals surface area contributed by atoms with E-state index in [-0.39, 0.29) is 23.6 Å². The van der Waals surface area contributed by atoms with Gasteiger partial charge in [-0.2, -0.15) is 0 Å². The summed E-state index contributed by atoms with van der Waals surface area (Å²) >= 11 is 0. The molecule has 5 amide bonds. The maximum Gasteiger partial charge on any atom is 0.289 e. The number of hydrogen-bond donors (Lipinski definition) is 5. The molecule has 1 aromatic heterocycles. The highest BCUT2D eigenvalue weighted by Gasteiger charge is 2.39. The number of aromatic nitrogens is 2. The Hall–Kier alpha value is -3.90. The Morgan fingerprint density at radius 3 is 2.20 bits per heavy atom. The summed E-state index contributed by atoms with van der Waals surface area (Å²) in [5, 5.41) is 14.1. The predicted molar refractivity (Wildman–Crippen MR) is 164 cm³/mol. The molecule has 3 aliphatic carbocycles. The van der Waals surface area contributed by atoms with Crippen molar-refractivity contribution in [2.24, 2.45) is 11.8 Å². The second-order valence-corrected chi connectivity index (χ2v) is 12.5. The van der Waals surface area contributed by atoms with Crippen molar-refractivity contribution in [3.8, 4) is 0 Å². The van der Waals surface area contributed by atoms with Crippen LogP contribution in [0.2, 0.25) is 0 Å². The molecule has 13 heteroatoms. The van der Waals surface area contributed by atoms with E-state index in [0.717, 1.165) is 44.9 Å². The highest BCUT2D eigenvalue weighted by molar-refractivity contribution is 6.38. The van der Waals surface area contributed by atoms with E-state index in [4.69, 9.17) is 0 Å². The van der Waals surface area contributed by atoms with E-state index in [2.05, 4.69) is 36.6 Å². The maximum absolute atomic E-state index is 13.6. The number of nitrogens with zero attached hydrogens (tertiary/aromatic N) is 2. The smallest absolute Gasteiger partial charge is 0.289 e. The Morgan fingerprint density at radius 1 is 0.800 bits per heavy atom. The van der Waals surface area contributed by atoms with Gasteiger partial charge in [0.1, 0.15) is 17.8 Å². The Balaban J connectivity index is 1.37. The van der Waals surface area contributed by atoms with Crippen molar-refractivity contribution in [1.29, 1.82) is 0 Å². The van der Waals surface area contributed by atoms with Gasteiger partial charge in [0.2, 0.25) is 23.5 Å². The van der Waals surface area contributed by atoms with Crippen LogP contribution in [-0.4, -0.2) is 75.5 Å². The number of amides is 5. The van der Waals surface area contributed by atoms with Crippen LogP contribution >= 0.6 is 0 Å². The Kier molecular flexibility index (Phi) is 12.4. The molecule has 1 aromatic rings. The van der Waals surface area contributed by atoms with Gasteiger partial charge in [0.05, 0.1) is 18.2 Å². The third-order valence-corrected chi connectivity index (χ3v) is 9.05. The molecule has 0 saturated heterocycles. The lowest BCUT2D eigenvalue weighted by Gasteiger charge is -2.31. The lowest BCUT2D eigenvalue weighted by atomic mass is 9.83. The van der Waals surface area contributed by atoms with Crippen LogP contribution in [0.4, 0.5) is 0 Å². The molecule has 3 fully saturated rings. The first kappa shape index (κ1) is 34.0. The van der Waals surface area contributed by atoms with Crippen LogP contribution in [0.1, 0.15) is 108 Å². The summed E-state index contributed by atoms with van der Waals surface area (Å²) in [5.74, 6) is -3.69. The summed E-state index contributed by atoms with van der Waals surface area (Å²) in [7, 11) is 0. The van der Waals surface area contributed by atoms with Gasteiger partial charge in [-0.3, -0.25) is 33.8 Å². The molecule has 5 atom stereocenters. The largest absolute Gasteiger partial charge is 0.351 e. The average Bonchev–Trinajstić information content (AvgIpc) is 3.75. The fourth-order valence-corrected chi connectivity index (χ4v) is 6.32. The molecule has 3 aliphatic rings. The molecule has 1 heterocycles. The summed E-state index contributed by atoms with van der Waals surface area (Å²) in [5.41, 5.74) is 0.105. The van der Waals surface area contributed by atoms with Crippen molar-refractivity contribution in [2.45, 2.75) is 128 Å². The molecule has 0 unspecified atom stereocenters. The van der Waals surface area contributed by atoms with Crippen LogP contribution in [0.3, 0.4) is 0 Å². The Morgan fingerprint density at radius 2 is 1.56 bits per heavy atom. The minimum atomic E-state index is -0.922. The molecule has 0 bridgehead atoms. The number of carbonyl (C=O) groups is 6. The van der Waals surface area contributed by atoms with Crippen LogP contribution in [0.15, 0.2) is 18.6 Å². The van der Waals surface area contributed by atoms with E-state index in [1.807, 2.05) is 6.92 Å². The van der Waals surface area contributed by atoms with Crippen molar-refractivity contribution in [3.63, 3.8) is 0 Å². The third kappa shape index (κ3) is 9.54. The van der Waals surface area contributed by atoms with Gasteiger partial charge in [0, 0.05) is 24.5 Å². The van der Waals surface area contributed by atoms with Gasteiger partial charge in [-0.25, -0.2) is 4.98 Å². The molecule has 0 aromatic carbocycles. The van der Waals surface area contributed by atoms with Crippen molar-refractivity contribution in [2.75, 3.05) is 0 Å². The second-order valence-electron chi connectivity index (χ2n) is 12.5. The van der Waals surface area contributed by atoms with Crippen LogP contribution < -0.4 is 26.6 Å². The fourth-order valence-electron chi connectivity index (χ4n) is 6.32. The van der Waals surface area contributed by atoms with E-state index in [9.17, 15) is 28.8 Å². The standard InChI is InChI=1S/C32H47N7O6/c1-3-9-24(27(40)32(45)35-20-14-15-20)38-28(41)21-12-8-13-23(21)37-29(42)22(4-2)36-31(44)26(19-10-6-5-7-11-19)39-30(43)25-18-33-16-17-34-25/h16-24,26H,3-15H2,1-2H3,(H,35,45)(H,36,44)(H,37,42)(H,38,41)(H,39,43)/t21-,22+,23+,24+,26+/m1/s1. The van der Waals surface area contributed by atoms with Crippen molar-refractivity contribution in [1.82, 2.24) is 36.6 Å². The maximum atomic E-state index is 13.6. The third-order valence-electron chi connectivity index (χ3n) is 9.05. The molecular formula is C32H47N7O6. The number of Topliss-reactive ketones (excluding diaryl/α,β-unsaturated/α-hetero) is 1. The zero-order chi connectivity index (χ0) is 32.3. The monoisotopic (exact) mass is 625 g/mol. The second kappa shape index (κ2) is 16.4. The van der Waals surface area contributed by atoms with Gasteiger partial charge in [-0.15, -0.1) is 0 Å². The number of rotatable bonds is 15. The topological polar surface area (TPSA) is 188 Å². The molecule has 4 rings (SSSR count). The van der Waals surface area contributed by atoms with Gasteiger partial charge >= 0.3 is 0 Å². The highest BCUT2D eigenvalue weighted by Crippen LogP contribution is 2.28. The number of nitrogens with one attached hydrogen (secondary N) is 5. The summed E-state index contributed by atoms with van der Waals surface area (Å²) in [6.45, 7) is 3.66. The normalized spacial score (nSPS) is 21.9. The summed E-state index contributed by atoms with van der Waals surface area (Å²) in [4.78, 5) is 86.4. The molecule has 5 N–H and O–H groups in total. The molecule has 45 heavy (non-hydrogen) atoms. The minimum absolute atomic E-state index is 0.0354. The first-order valence-corrected chi connectivity index (χ1v) is 16.5. The van der Waals surface area contributed by atoms with Crippen LogP contribution in [0, 0.1) is 11.8 Å². The van der Waals surface area contributed by atoms with E-state index < -0.39 is 59.5 Å². The fraction of sp³-hybridized carbons (Fsp3) is 0.688. The van der Waals surface area contributed by atoms with Crippen LogP contribution in [0.5, 0.6) is 0 Å². The first-order chi connectivity index (χ1) is 21.7. The molecule has 0 aliphatic heterocycles. The zero-order valence-corrected chi connectivity index (χ0v) is 26.3. The van der Waals surface area contributed by atoms with Crippen molar-refractivity contribution in [3.05, 3.63) is 24.3 Å². The SMILES string of the molecule is CCC[C@H](NC(=O)[C@@H]1CCC[C@@H]1NC(=O)[C@H](CC)NC(=O)[C@@H](NC(=O)c1cnccn1)C1CCCCC1)C(=O)C(=O)NC1CC1. The van der Waals surface area contributed by atoms with Crippen LogP contribution in [0.25, 0.3) is 0 Å². The molecular weight excluding hydrogens is 578 g/mol. The lowest BCUT2D eigenvalue weighted by Crippen LogP contribution is -2.58. The number of hydrogen-bond acceptors (Lipinski definition) is 8. The molecule has 246 valence electrons. The van der Waals surface area contributed by atoms with Crippen LogP contribution in [-0.2, 0) is 24.0 Å². The summed E-state index contributed by atoms with van der Waals surface area (Å²) in [6, 6.07) is -3.08. The van der Waals surface area contributed by atoms with E-state index in [1.165, 1.54) is 18.6 Å². The Labute approximate surface area is 264 Å². The first-order valence-electron chi connectivity index (χ1n) is 16.5.